The van der Waals surface area contributed by atoms with Gasteiger partial charge in [-0.1, -0.05) is 17.3 Å². The van der Waals surface area contributed by atoms with E-state index in [2.05, 4.69) is 15.6 Å². The molecule has 3 rings (SSSR count). The van der Waals surface area contributed by atoms with Crippen molar-refractivity contribution in [3.8, 4) is 0 Å². The number of hydrogen-bond donors (Lipinski definition) is 2. The standard InChI is InChI=1S/C15H15FN4O4/c16-11-3-1-2-10(6-11)7-20-8-12(18-19-20)13(21)17-15(14(22)23)4-5-24-9-15/h1-3,6,8H,4-5,7,9H2,(H,17,21)(H,22,23). The second kappa shape index (κ2) is 6.36. The number of nitrogens with one attached hydrogen (secondary N) is 1. The van der Waals surface area contributed by atoms with E-state index in [0.29, 0.717) is 5.56 Å². The van der Waals surface area contributed by atoms with Crippen LogP contribution in [0.3, 0.4) is 0 Å². The lowest BCUT2D eigenvalue weighted by molar-refractivity contribution is -0.144. The average Bonchev–Trinajstić information content (AvgIpc) is 3.17. The number of carbonyl (C=O) groups is 2. The molecule has 0 saturated carbocycles. The fourth-order valence-electron chi connectivity index (χ4n) is 2.47. The van der Waals surface area contributed by atoms with E-state index in [1.807, 2.05) is 0 Å². The summed E-state index contributed by atoms with van der Waals surface area (Å²) in [5.74, 6) is -2.16. The number of amides is 1. The monoisotopic (exact) mass is 334 g/mol. The van der Waals surface area contributed by atoms with Crippen LogP contribution in [-0.4, -0.2) is 50.7 Å². The Labute approximate surface area is 136 Å². The number of halogens is 1. The minimum Gasteiger partial charge on any atom is -0.479 e. The number of rotatable bonds is 5. The number of aliphatic carboxylic acids is 1. The Balaban J connectivity index is 1.70. The number of aromatic nitrogens is 3. The molecular weight excluding hydrogens is 319 g/mol. The van der Waals surface area contributed by atoms with Crippen LogP contribution in [-0.2, 0) is 16.1 Å². The smallest absolute Gasteiger partial charge is 0.331 e. The van der Waals surface area contributed by atoms with Gasteiger partial charge in [-0.25, -0.2) is 13.9 Å². The van der Waals surface area contributed by atoms with Crippen LogP contribution >= 0.6 is 0 Å². The van der Waals surface area contributed by atoms with E-state index in [4.69, 9.17) is 4.74 Å². The minimum absolute atomic E-state index is 0.0149. The number of carboxylic acids is 1. The Kier molecular flexibility index (Phi) is 4.26. The number of nitrogens with zero attached hydrogens (tertiary/aromatic N) is 3. The summed E-state index contributed by atoms with van der Waals surface area (Å²) in [7, 11) is 0. The van der Waals surface area contributed by atoms with Crippen LogP contribution in [0.25, 0.3) is 0 Å². The molecule has 1 fully saturated rings. The van der Waals surface area contributed by atoms with Crippen LogP contribution < -0.4 is 5.32 Å². The molecule has 1 aliphatic rings. The van der Waals surface area contributed by atoms with Crippen molar-refractivity contribution in [3.05, 3.63) is 47.5 Å². The quantitative estimate of drug-likeness (QED) is 0.822. The molecule has 0 aliphatic carbocycles. The molecule has 0 bridgehead atoms. The first-order valence-electron chi connectivity index (χ1n) is 7.27. The van der Waals surface area contributed by atoms with Crippen LogP contribution in [0.15, 0.2) is 30.5 Å². The molecule has 8 nitrogen and oxygen atoms in total. The van der Waals surface area contributed by atoms with Crippen molar-refractivity contribution < 1.29 is 23.8 Å². The van der Waals surface area contributed by atoms with Gasteiger partial charge >= 0.3 is 5.97 Å². The fourth-order valence-corrected chi connectivity index (χ4v) is 2.47. The van der Waals surface area contributed by atoms with E-state index < -0.39 is 17.4 Å². The summed E-state index contributed by atoms with van der Waals surface area (Å²) in [5.41, 5.74) is -0.791. The van der Waals surface area contributed by atoms with Crippen molar-refractivity contribution in [1.82, 2.24) is 20.3 Å². The highest BCUT2D eigenvalue weighted by molar-refractivity contribution is 5.96. The zero-order chi connectivity index (χ0) is 17.2. The zero-order valence-corrected chi connectivity index (χ0v) is 12.6. The Hall–Kier alpha value is -2.81. The van der Waals surface area contributed by atoms with Crippen molar-refractivity contribution in [2.24, 2.45) is 0 Å². The van der Waals surface area contributed by atoms with Gasteiger partial charge in [0.2, 0.25) is 0 Å². The molecule has 24 heavy (non-hydrogen) atoms. The molecular formula is C15H15FN4O4. The highest BCUT2D eigenvalue weighted by Gasteiger charge is 2.44. The molecule has 1 aliphatic heterocycles. The lowest BCUT2D eigenvalue weighted by Gasteiger charge is -2.22. The van der Waals surface area contributed by atoms with Crippen molar-refractivity contribution >= 4 is 11.9 Å². The van der Waals surface area contributed by atoms with Crippen LogP contribution in [0.4, 0.5) is 4.39 Å². The summed E-state index contributed by atoms with van der Waals surface area (Å²) in [6.45, 7) is 0.412. The van der Waals surface area contributed by atoms with Gasteiger partial charge in [0.05, 0.1) is 19.3 Å². The Bertz CT molecular complexity index is 770. The molecule has 1 amide bonds. The summed E-state index contributed by atoms with van der Waals surface area (Å²) >= 11 is 0. The Morgan fingerprint density at radius 3 is 2.96 bits per heavy atom. The Morgan fingerprint density at radius 2 is 2.29 bits per heavy atom. The van der Waals surface area contributed by atoms with Gasteiger partial charge in [0.1, 0.15) is 5.82 Å². The van der Waals surface area contributed by atoms with Crippen molar-refractivity contribution in [2.45, 2.75) is 18.5 Å². The summed E-state index contributed by atoms with van der Waals surface area (Å²) in [5, 5.41) is 19.3. The van der Waals surface area contributed by atoms with Gasteiger partial charge in [0, 0.05) is 13.0 Å². The average molecular weight is 334 g/mol. The second-order valence-corrected chi connectivity index (χ2v) is 5.58. The number of benzene rings is 1. The maximum atomic E-state index is 13.2. The van der Waals surface area contributed by atoms with Gasteiger partial charge in [-0.05, 0) is 17.7 Å². The van der Waals surface area contributed by atoms with Gasteiger partial charge in [0.25, 0.3) is 5.91 Å². The predicted octanol–water partition coefficient (Wildman–Crippen LogP) is 0.439. The Morgan fingerprint density at radius 1 is 1.46 bits per heavy atom. The maximum absolute atomic E-state index is 13.2. The van der Waals surface area contributed by atoms with E-state index in [-0.39, 0.29) is 37.7 Å². The zero-order valence-electron chi connectivity index (χ0n) is 12.6. The minimum atomic E-state index is -1.44. The third-order valence-electron chi connectivity index (χ3n) is 3.79. The SMILES string of the molecule is O=C(NC1(C(=O)O)CCOC1)c1cn(Cc2cccc(F)c2)nn1. The molecule has 126 valence electrons. The number of hydrogen-bond acceptors (Lipinski definition) is 5. The van der Waals surface area contributed by atoms with Crippen molar-refractivity contribution in [2.75, 3.05) is 13.2 Å². The number of ether oxygens (including phenoxy) is 1. The van der Waals surface area contributed by atoms with E-state index in [1.54, 1.807) is 12.1 Å². The van der Waals surface area contributed by atoms with Crippen molar-refractivity contribution in [3.63, 3.8) is 0 Å². The number of carboxylic acid groups (broad SMARTS) is 1. The molecule has 0 radical (unpaired) electrons. The lowest BCUT2D eigenvalue weighted by Crippen LogP contribution is -2.55. The van der Waals surface area contributed by atoms with Gasteiger partial charge in [0.15, 0.2) is 11.2 Å². The molecule has 9 heteroatoms. The third-order valence-corrected chi connectivity index (χ3v) is 3.79. The van der Waals surface area contributed by atoms with Crippen LogP contribution in [0.2, 0.25) is 0 Å². The molecule has 1 aromatic heterocycles. The molecule has 1 unspecified atom stereocenters. The van der Waals surface area contributed by atoms with Gasteiger partial charge in [-0.3, -0.25) is 4.79 Å². The van der Waals surface area contributed by atoms with Crippen LogP contribution in [0, 0.1) is 5.82 Å². The second-order valence-electron chi connectivity index (χ2n) is 5.58. The molecule has 1 aromatic carbocycles. The molecule has 1 saturated heterocycles. The van der Waals surface area contributed by atoms with E-state index in [1.165, 1.54) is 23.0 Å². The first-order valence-corrected chi connectivity index (χ1v) is 7.27. The largest absolute Gasteiger partial charge is 0.479 e. The summed E-state index contributed by atoms with van der Waals surface area (Å²) < 4.78 is 19.6. The lowest BCUT2D eigenvalue weighted by atomic mass is 9.99. The van der Waals surface area contributed by atoms with Crippen LogP contribution in [0.1, 0.15) is 22.5 Å². The third kappa shape index (κ3) is 3.25. The highest BCUT2D eigenvalue weighted by Crippen LogP contribution is 2.19. The van der Waals surface area contributed by atoms with E-state index in [0.717, 1.165) is 0 Å². The molecule has 0 spiro atoms. The fraction of sp³-hybridized carbons (Fsp3) is 0.333. The highest BCUT2D eigenvalue weighted by atomic mass is 19.1. The molecule has 1 atom stereocenters. The maximum Gasteiger partial charge on any atom is 0.331 e. The van der Waals surface area contributed by atoms with Gasteiger partial charge < -0.3 is 15.2 Å². The first-order chi connectivity index (χ1) is 11.5. The topological polar surface area (TPSA) is 106 Å². The molecule has 2 heterocycles. The summed E-state index contributed by atoms with van der Waals surface area (Å²) in [4.78, 5) is 23.6. The van der Waals surface area contributed by atoms with E-state index in [9.17, 15) is 19.1 Å². The molecule has 2 N–H and O–H groups in total. The summed E-state index contributed by atoms with van der Waals surface area (Å²) in [6.07, 6.45) is 1.57. The van der Waals surface area contributed by atoms with Crippen LogP contribution in [0.5, 0.6) is 0 Å². The molecule has 2 aromatic rings. The van der Waals surface area contributed by atoms with E-state index >= 15 is 0 Å². The first kappa shape index (κ1) is 16.1. The predicted molar refractivity (Wildman–Crippen MR) is 78.8 cm³/mol. The van der Waals surface area contributed by atoms with Crippen molar-refractivity contribution in [1.29, 1.82) is 0 Å². The number of carbonyl (C=O) groups excluding carboxylic acids is 1. The van der Waals surface area contributed by atoms with Gasteiger partial charge in [-0.15, -0.1) is 5.10 Å². The van der Waals surface area contributed by atoms with Gasteiger partial charge in [-0.2, -0.15) is 0 Å². The normalized spacial score (nSPS) is 20.0. The summed E-state index contributed by atoms with van der Waals surface area (Å²) in [6, 6.07) is 5.99.